The third kappa shape index (κ3) is 4.16. The van der Waals surface area contributed by atoms with Gasteiger partial charge in [-0.25, -0.2) is 8.42 Å². The first-order valence-corrected chi connectivity index (χ1v) is 11.0. The lowest BCUT2D eigenvalue weighted by atomic mass is 9.48. The number of hydrogen-bond donors (Lipinski definition) is 0. The third-order valence-electron chi connectivity index (χ3n) is 6.09. The predicted octanol–water partition coefficient (Wildman–Crippen LogP) is 4.70. The van der Waals surface area contributed by atoms with Crippen LogP contribution < -0.4 is 0 Å². The van der Waals surface area contributed by atoms with Crippen molar-refractivity contribution in [3.8, 4) is 0 Å². The third-order valence-corrected chi connectivity index (χ3v) is 7.38. The summed E-state index contributed by atoms with van der Waals surface area (Å²) in [6.07, 6.45) is 8.81. The maximum absolute atomic E-state index is 11.4. The van der Waals surface area contributed by atoms with Gasteiger partial charge in [0.2, 0.25) is 0 Å². The molecule has 0 aromatic heterocycles. The molecule has 0 spiro atoms. The topological polar surface area (TPSA) is 66.4 Å². The molecule has 142 valence electrons. The van der Waals surface area contributed by atoms with Gasteiger partial charge >= 0.3 is 0 Å². The van der Waals surface area contributed by atoms with Crippen molar-refractivity contribution < 1.29 is 17.7 Å². The van der Waals surface area contributed by atoms with Crippen molar-refractivity contribution in [1.29, 1.82) is 0 Å². The Balaban J connectivity index is 0.00000100. The van der Waals surface area contributed by atoms with E-state index in [0.717, 1.165) is 24.2 Å². The molecule has 0 radical (unpaired) electrons. The quantitative estimate of drug-likeness (QED) is 0.668. The van der Waals surface area contributed by atoms with Crippen LogP contribution in [0.4, 0.5) is 0 Å². The van der Waals surface area contributed by atoms with Crippen molar-refractivity contribution in [1.82, 2.24) is 0 Å². The lowest BCUT2D eigenvalue weighted by molar-refractivity contribution is -0.140. The Morgan fingerprint density at radius 2 is 1.33 bits per heavy atom. The van der Waals surface area contributed by atoms with Crippen LogP contribution in [0, 0.1) is 23.2 Å². The van der Waals surface area contributed by atoms with Gasteiger partial charge in [-0.05, 0) is 95.8 Å². The van der Waals surface area contributed by atoms with Gasteiger partial charge in [-0.3, -0.25) is 0 Å². The van der Waals surface area contributed by atoms with Crippen molar-refractivity contribution in [2.75, 3.05) is 0 Å². The molecule has 0 atom stereocenters. The van der Waals surface area contributed by atoms with Crippen LogP contribution in [0.25, 0.3) is 0 Å². The molecule has 4 nitrogen and oxygen atoms in total. The average Bonchev–Trinajstić information content (AvgIpc) is 2.34. The van der Waals surface area contributed by atoms with Gasteiger partial charge in [0.25, 0.3) is 0 Å². The van der Waals surface area contributed by atoms with Gasteiger partial charge in [-0.1, -0.05) is 13.8 Å². The molecular weight excluding hydrogens is 324 g/mol. The summed E-state index contributed by atoms with van der Waals surface area (Å²) >= 11 is 0. The summed E-state index contributed by atoms with van der Waals surface area (Å²) < 4.78 is 40.1. The highest BCUT2D eigenvalue weighted by Gasteiger charge is 2.53. The molecule has 0 aromatic rings. The highest BCUT2D eigenvalue weighted by Crippen LogP contribution is 2.62. The summed E-state index contributed by atoms with van der Waals surface area (Å²) in [6.45, 7) is 10.6. The van der Waals surface area contributed by atoms with Gasteiger partial charge in [0.15, 0.2) is 4.93 Å². The second kappa shape index (κ2) is 6.55. The van der Waals surface area contributed by atoms with E-state index in [-0.39, 0.29) is 0 Å². The fourth-order valence-corrected chi connectivity index (χ4v) is 6.49. The lowest BCUT2D eigenvalue weighted by Crippen LogP contribution is -2.51. The van der Waals surface area contributed by atoms with Crippen molar-refractivity contribution in [3.63, 3.8) is 0 Å². The highest BCUT2D eigenvalue weighted by atomic mass is 32.2. The summed E-state index contributed by atoms with van der Waals surface area (Å²) in [6, 6.07) is 0. The molecule has 4 aliphatic rings. The van der Waals surface area contributed by atoms with Crippen LogP contribution in [0.2, 0.25) is 0 Å². The minimum atomic E-state index is -4.47. The van der Waals surface area contributed by atoms with Crippen LogP contribution in [0.1, 0.15) is 86.5 Å². The van der Waals surface area contributed by atoms with Crippen molar-refractivity contribution in [2.24, 2.45) is 23.2 Å². The predicted molar refractivity (Wildman–Crippen MR) is 95.5 cm³/mol. The molecule has 4 saturated carbocycles. The van der Waals surface area contributed by atoms with E-state index in [0.29, 0.717) is 5.41 Å². The summed E-state index contributed by atoms with van der Waals surface area (Å²) in [4.78, 5) is -1.67. The summed E-state index contributed by atoms with van der Waals surface area (Å²) in [5.41, 5.74) is -0.284. The van der Waals surface area contributed by atoms with Crippen LogP contribution in [0.3, 0.4) is 0 Å². The van der Waals surface area contributed by atoms with E-state index in [4.69, 9.17) is 4.74 Å². The first kappa shape index (κ1) is 20.2. The smallest absolute Gasteiger partial charge is 0.152 e. The van der Waals surface area contributed by atoms with Crippen molar-refractivity contribution >= 4 is 10.1 Å². The van der Waals surface area contributed by atoms with Gasteiger partial charge < -0.3 is 9.29 Å². The fraction of sp³-hybridized carbons (Fsp3) is 1.00. The SMILES string of the molecule is CC.CC(C)(CC12CC3CC(CC(C3)C1)C2)OC(C)(C)S(=O)(=O)[O-]. The van der Waals surface area contributed by atoms with E-state index >= 15 is 0 Å². The van der Waals surface area contributed by atoms with Crippen LogP contribution in [0.5, 0.6) is 0 Å². The van der Waals surface area contributed by atoms with Gasteiger partial charge in [0.1, 0.15) is 10.1 Å². The largest absolute Gasteiger partial charge is 0.746 e. The maximum atomic E-state index is 11.4. The van der Waals surface area contributed by atoms with Gasteiger partial charge in [-0.2, -0.15) is 0 Å². The van der Waals surface area contributed by atoms with Crippen molar-refractivity contribution in [2.45, 2.75) is 97.0 Å². The molecule has 0 N–H and O–H groups in total. The van der Waals surface area contributed by atoms with Gasteiger partial charge in [0.05, 0.1) is 5.60 Å². The van der Waals surface area contributed by atoms with E-state index in [9.17, 15) is 13.0 Å². The fourth-order valence-electron chi connectivity index (χ4n) is 6.16. The summed E-state index contributed by atoms with van der Waals surface area (Å²) in [5.74, 6) is 2.58. The molecule has 0 aromatic carbocycles. The maximum Gasteiger partial charge on any atom is 0.152 e. The Hall–Kier alpha value is -0.130. The highest BCUT2D eigenvalue weighted by molar-refractivity contribution is 7.86. The Morgan fingerprint density at radius 3 is 1.67 bits per heavy atom. The van der Waals surface area contributed by atoms with Crippen molar-refractivity contribution in [3.05, 3.63) is 0 Å². The molecule has 4 fully saturated rings. The minimum absolute atomic E-state index is 0.307. The van der Waals surface area contributed by atoms with Crippen LogP contribution in [-0.2, 0) is 14.9 Å². The van der Waals surface area contributed by atoms with E-state index in [1.54, 1.807) is 0 Å². The Bertz CT molecular complexity index is 512. The van der Waals surface area contributed by atoms with Gasteiger partial charge in [0, 0.05) is 0 Å². The second-order valence-corrected chi connectivity index (χ2v) is 11.2. The van der Waals surface area contributed by atoms with Crippen LogP contribution >= 0.6 is 0 Å². The van der Waals surface area contributed by atoms with E-state index in [1.807, 2.05) is 27.7 Å². The molecular formula is C19H35O4S-. The zero-order valence-corrected chi connectivity index (χ0v) is 17.0. The first-order chi connectivity index (χ1) is 10.9. The molecule has 0 heterocycles. The molecule has 0 aliphatic heterocycles. The van der Waals surface area contributed by atoms with E-state index in [2.05, 4.69) is 0 Å². The second-order valence-electron chi connectivity index (χ2n) is 9.31. The Labute approximate surface area is 148 Å². The summed E-state index contributed by atoms with van der Waals surface area (Å²) in [7, 11) is -4.47. The molecule has 24 heavy (non-hydrogen) atoms. The zero-order chi connectivity index (χ0) is 18.4. The Morgan fingerprint density at radius 1 is 0.958 bits per heavy atom. The van der Waals surface area contributed by atoms with Crippen LogP contribution in [-0.4, -0.2) is 23.5 Å². The lowest BCUT2D eigenvalue weighted by Gasteiger charge is -2.58. The number of rotatable bonds is 5. The molecule has 5 heteroatoms. The number of ether oxygens (including phenoxy) is 1. The molecule has 4 rings (SSSR count). The number of hydrogen-bond acceptors (Lipinski definition) is 4. The molecule has 4 aliphatic carbocycles. The Kier molecular flexibility index (Phi) is 5.51. The monoisotopic (exact) mass is 359 g/mol. The first-order valence-electron chi connectivity index (χ1n) is 9.55. The zero-order valence-electron chi connectivity index (χ0n) is 16.2. The molecule has 0 amide bonds. The van der Waals surface area contributed by atoms with E-state index < -0.39 is 20.7 Å². The van der Waals surface area contributed by atoms with E-state index in [1.165, 1.54) is 52.4 Å². The normalized spacial score (nSPS) is 35.5. The molecule has 4 bridgehead atoms. The summed E-state index contributed by atoms with van der Waals surface area (Å²) in [5, 5.41) is 0. The molecule has 0 saturated heterocycles. The standard InChI is InChI=1S/C17H30O4S.C2H6/c1-15(2,21-16(3,4)22(18,19)20)11-17-8-12-5-13(9-17)7-14(6-12)10-17;1-2/h12-14H,5-11H2,1-4H3,(H,18,19,20);1-2H3/p-1. The minimum Gasteiger partial charge on any atom is -0.746 e. The van der Waals surface area contributed by atoms with Crippen LogP contribution in [0.15, 0.2) is 0 Å². The average molecular weight is 360 g/mol. The van der Waals surface area contributed by atoms with Gasteiger partial charge in [-0.15, -0.1) is 0 Å². The molecule has 0 unspecified atom stereocenters.